The second-order valence-corrected chi connectivity index (χ2v) is 5.51. The van der Waals surface area contributed by atoms with Crippen LogP contribution in [0.1, 0.15) is 15.9 Å². The molecule has 1 heterocycles. The van der Waals surface area contributed by atoms with Crippen LogP contribution in [0.15, 0.2) is 30.3 Å². The van der Waals surface area contributed by atoms with Gasteiger partial charge in [0.05, 0.1) is 5.56 Å². The number of nitrogens with zero attached hydrogens (tertiary/aromatic N) is 3. The zero-order valence-corrected chi connectivity index (χ0v) is 13.1. The zero-order chi connectivity index (χ0) is 15.4. The molecule has 7 heteroatoms. The van der Waals surface area contributed by atoms with Crippen LogP contribution >= 0.6 is 23.2 Å². The molecule has 0 radical (unpaired) electrons. The van der Waals surface area contributed by atoms with Crippen LogP contribution in [0.3, 0.4) is 0 Å². The number of aromatic nitrogens is 2. The van der Waals surface area contributed by atoms with Gasteiger partial charge in [-0.15, -0.1) is 10.2 Å². The summed E-state index contributed by atoms with van der Waals surface area (Å²) in [4.78, 5) is 14.2. The number of rotatable bonds is 4. The second-order valence-electron chi connectivity index (χ2n) is 4.76. The molecule has 1 aromatic carbocycles. The summed E-state index contributed by atoms with van der Waals surface area (Å²) < 4.78 is 0. The Morgan fingerprint density at radius 1 is 1.24 bits per heavy atom. The van der Waals surface area contributed by atoms with E-state index in [2.05, 4.69) is 15.5 Å². The summed E-state index contributed by atoms with van der Waals surface area (Å²) in [6, 6.07) is 8.97. The molecule has 5 nitrogen and oxygen atoms in total. The van der Waals surface area contributed by atoms with E-state index in [9.17, 15) is 4.79 Å². The van der Waals surface area contributed by atoms with Crippen LogP contribution in [-0.4, -0.2) is 35.1 Å². The Hall–Kier alpha value is -1.69. The van der Waals surface area contributed by atoms with Crippen molar-refractivity contribution in [3.63, 3.8) is 0 Å². The highest BCUT2D eigenvalue weighted by molar-refractivity contribution is 6.34. The molecule has 0 unspecified atom stereocenters. The molecule has 0 aliphatic heterocycles. The molecule has 1 N–H and O–H groups in total. The van der Waals surface area contributed by atoms with Crippen molar-refractivity contribution >= 4 is 34.8 Å². The van der Waals surface area contributed by atoms with E-state index < -0.39 is 0 Å². The van der Waals surface area contributed by atoms with E-state index in [0.717, 1.165) is 12.1 Å². The SMILES string of the molecule is CN(C)Cc1cccc(NC(=O)c2cc(Cl)nnc2Cl)c1. The molecule has 0 spiro atoms. The van der Waals surface area contributed by atoms with Crippen LogP contribution in [0.2, 0.25) is 10.3 Å². The number of anilines is 1. The highest BCUT2D eigenvalue weighted by atomic mass is 35.5. The maximum absolute atomic E-state index is 12.2. The molecule has 2 aromatic rings. The van der Waals surface area contributed by atoms with Gasteiger partial charge >= 0.3 is 0 Å². The number of benzene rings is 1. The second kappa shape index (κ2) is 6.85. The van der Waals surface area contributed by atoms with Crippen LogP contribution in [0, 0.1) is 0 Å². The van der Waals surface area contributed by atoms with Crippen LogP contribution < -0.4 is 5.32 Å². The van der Waals surface area contributed by atoms with Crippen LogP contribution in [0.5, 0.6) is 0 Å². The predicted molar refractivity (Wildman–Crippen MR) is 83.8 cm³/mol. The summed E-state index contributed by atoms with van der Waals surface area (Å²) >= 11 is 11.6. The smallest absolute Gasteiger partial charge is 0.258 e. The van der Waals surface area contributed by atoms with Crippen LogP contribution in [-0.2, 0) is 6.54 Å². The minimum absolute atomic E-state index is 0.0151. The van der Waals surface area contributed by atoms with Crippen molar-refractivity contribution in [3.8, 4) is 0 Å². The number of carbonyl (C=O) groups excluding carboxylic acids is 1. The minimum atomic E-state index is -0.376. The summed E-state index contributed by atoms with van der Waals surface area (Å²) in [7, 11) is 3.96. The van der Waals surface area contributed by atoms with Gasteiger partial charge in [-0.3, -0.25) is 4.79 Å². The van der Waals surface area contributed by atoms with Gasteiger partial charge in [0.25, 0.3) is 5.91 Å². The lowest BCUT2D eigenvalue weighted by Crippen LogP contribution is -2.14. The first-order valence-corrected chi connectivity index (χ1v) is 6.95. The number of hydrogen-bond acceptors (Lipinski definition) is 4. The average molecular weight is 325 g/mol. The Kier molecular flexibility index (Phi) is 5.12. The number of amides is 1. The predicted octanol–water partition coefficient (Wildman–Crippen LogP) is 3.10. The normalized spacial score (nSPS) is 10.7. The molecule has 21 heavy (non-hydrogen) atoms. The topological polar surface area (TPSA) is 58.1 Å². The fraction of sp³-hybridized carbons (Fsp3) is 0.214. The third-order valence-corrected chi connectivity index (χ3v) is 3.11. The van der Waals surface area contributed by atoms with Gasteiger partial charge in [0, 0.05) is 12.2 Å². The van der Waals surface area contributed by atoms with E-state index in [1.54, 1.807) is 6.07 Å². The van der Waals surface area contributed by atoms with Crippen molar-refractivity contribution < 1.29 is 4.79 Å². The highest BCUT2D eigenvalue weighted by Gasteiger charge is 2.13. The van der Waals surface area contributed by atoms with E-state index in [4.69, 9.17) is 23.2 Å². The first-order valence-electron chi connectivity index (χ1n) is 6.19. The lowest BCUT2D eigenvalue weighted by Gasteiger charge is -2.11. The molecule has 0 fully saturated rings. The van der Waals surface area contributed by atoms with E-state index in [0.29, 0.717) is 5.69 Å². The van der Waals surface area contributed by atoms with Crippen molar-refractivity contribution in [2.45, 2.75) is 6.54 Å². The molecule has 0 saturated carbocycles. The Bertz CT molecular complexity index is 661. The van der Waals surface area contributed by atoms with Gasteiger partial charge in [-0.1, -0.05) is 35.3 Å². The van der Waals surface area contributed by atoms with E-state index in [-0.39, 0.29) is 21.8 Å². The molecule has 1 amide bonds. The van der Waals surface area contributed by atoms with E-state index in [1.807, 2.05) is 37.2 Å². The standard InChI is InChI=1S/C14H14Cl2N4O/c1-20(2)8-9-4-3-5-10(6-9)17-14(21)11-7-12(15)18-19-13(11)16/h3-7H,8H2,1-2H3,(H,17,21). The van der Waals surface area contributed by atoms with Gasteiger partial charge in [-0.25, -0.2) is 0 Å². The Morgan fingerprint density at radius 3 is 2.71 bits per heavy atom. The summed E-state index contributed by atoms with van der Waals surface area (Å²) in [6.45, 7) is 0.785. The largest absolute Gasteiger partial charge is 0.322 e. The summed E-state index contributed by atoms with van der Waals surface area (Å²) in [5.74, 6) is -0.376. The van der Waals surface area contributed by atoms with E-state index in [1.165, 1.54) is 6.07 Å². The third-order valence-electron chi connectivity index (χ3n) is 2.65. The third kappa shape index (κ3) is 4.39. The summed E-state index contributed by atoms with van der Waals surface area (Å²) in [6.07, 6.45) is 0. The zero-order valence-electron chi connectivity index (χ0n) is 11.6. The Balaban J connectivity index is 2.17. The Morgan fingerprint density at radius 2 is 2.00 bits per heavy atom. The maximum atomic E-state index is 12.2. The monoisotopic (exact) mass is 324 g/mol. The lowest BCUT2D eigenvalue weighted by molar-refractivity contribution is 0.102. The molecule has 1 aromatic heterocycles. The van der Waals surface area contributed by atoms with Crippen molar-refractivity contribution in [2.24, 2.45) is 0 Å². The number of nitrogens with one attached hydrogen (secondary N) is 1. The van der Waals surface area contributed by atoms with Gasteiger partial charge in [-0.05, 0) is 37.9 Å². The number of carbonyl (C=O) groups is 1. The number of halogens is 2. The molecule has 0 aliphatic carbocycles. The van der Waals surface area contributed by atoms with Crippen LogP contribution in [0.4, 0.5) is 5.69 Å². The van der Waals surface area contributed by atoms with Gasteiger partial charge in [-0.2, -0.15) is 0 Å². The molecule has 0 saturated heterocycles. The first kappa shape index (κ1) is 15.7. The molecule has 110 valence electrons. The van der Waals surface area contributed by atoms with Crippen molar-refractivity contribution in [1.82, 2.24) is 15.1 Å². The van der Waals surface area contributed by atoms with Crippen LogP contribution in [0.25, 0.3) is 0 Å². The fourth-order valence-corrected chi connectivity index (χ4v) is 2.15. The lowest BCUT2D eigenvalue weighted by atomic mass is 10.2. The minimum Gasteiger partial charge on any atom is -0.322 e. The van der Waals surface area contributed by atoms with Gasteiger partial charge in [0.1, 0.15) is 0 Å². The van der Waals surface area contributed by atoms with Crippen molar-refractivity contribution in [1.29, 1.82) is 0 Å². The summed E-state index contributed by atoms with van der Waals surface area (Å²) in [5.41, 5.74) is 1.97. The molecule has 2 rings (SSSR count). The molecular weight excluding hydrogens is 311 g/mol. The quantitative estimate of drug-likeness (QED) is 0.938. The number of hydrogen-bond donors (Lipinski definition) is 1. The fourth-order valence-electron chi connectivity index (χ4n) is 1.82. The first-order chi connectivity index (χ1) is 9.95. The Labute approximate surface area is 132 Å². The van der Waals surface area contributed by atoms with Crippen molar-refractivity contribution in [2.75, 3.05) is 19.4 Å². The van der Waals surface area contributed by atoms with Gasteiger partial charge < -0.3 is 10.2 Å². The molecular formula is C14H14Cl2N4O. The maximum Gasteiger partial charge on any atom is 0.258 e. The van der Waals surface area contributed by atoms with Gasteiger partial charge in [0.15, 0.2) is 10.3 Å². The summed E-state index contributed by atoms with van der Waals surface area (Å²) in [5, 5.41) is 10.1. The van der Waals surface area contributed by atoms with Crippen molar-refractivity contribution in [3.05, 3.63) is 51.8 Å². The average Bonchev–Trinajstić information content (AvgIpc) is 2.41. The molecule has 0 aliphatic rings. The van der Waals surface area contributed by atoms with E-state index >= 15 is 0 Å². The van der Waals surface area contributed by atoms with Gasteiger partial charge in [0.2, 0.25) is 0 Å². The molecule has 0 atom stereocenters. The molecule has 0 bridgehead atoms. The highest BCUT2D eigenvalue weighted by Crippen LogP contribution is 2.18.